The molecule has 2 aromatic carbocycles. The van der Waals surface area contributed by atoms with E-state index in [1.807, 2.05) is 59.3 Å². The molecule has 3 rings (SSSR count). The van der Waals surface area contributed by atoms with Gasteiger partial charge in [0, 0.05) is 10.6 Å². The average Bonchev–Trinajstić information content (AvgIpc) is 3.16. The number of rotatable bonds is 9. The molecular formula is C23H27ClN2O4S. The topological polar surface area (TPSA) is 73.6 Å². The molecule has 0 saturated carbocycles. The van der Waals surface area contributed by atoms with Crippen molar-refractivity contribution in [1.29, 1.82) is 0 Å². The van der Waals surface area contributed by atoms with Gasteiger partial charge in [-0.2, -0.15) is 18.6 Å². The fourth-order valence-corrected chi connectivity index (χ4v) is 3.21. The molecule has 0 saturated heterocycles. The van der Waals surface area contributed by atoms with Gasteiger partial charge >= 0.3 is 5.97 Å². The van der Waals surface area contributed by atoms with Crippen LogP contribution in [-0.2, 0) is 22.7 Å². The molecule has 1 N–H and O–H groups in total. The summed E-state index contributed by atoms with van der Waals surface area (Å²) in [5, 5.41) is 14.8. The van der Waals surface area contributed by atoms with E-state index in [0.717, 1.165) is 22.6 Å². The van der Waals surface area contributed by atoms with Gasteiger partial charge in [0.2, 0.25) is 0 Å². The molecule has 0 spiro atoms. The van der Waals surface area contributed by atoms with Crippen molar-refractivity contribution >= 4 is 31.1 Å². The van der Waals surface area contributed by atoms with Crippen molar-refractivity contribution in [3.8, 4) is 17.0 Å². The zero-order valence-electron chi connectivity index (χ0n) is 17.8. The number of benzene rings is 2. The van der Waals surface area contributed by atoms with Crippen LogP contribution in [-0.4, -0.2) is 33.6 Å². The number of hydrogen-bond donors (Lipinski definition) is 1. The van der Waals surface area contributed by atoms with Crippen LogP contribution in [0.1, 0.15) is 31.5 Å². The van der Waals surface area contributed by atoms with E-state index in [0.29, 0.717) is 23.7 Å². The maximum absolute atomic E-state index is 11.5. The van der Waals surface area contributed by atoms with Crippen LogP contribution in [0.5, 0.6) is 5.75 Å². The number of ether oxygens (including phenoxy) is 2. The molecular weight excluding hydrogens is 436 g/mol. The lowest BCUT2D eigenvalue weighted by molar-refractivity contribution is -0.165. The molecule has 1 atom stereocenters. The van der Waals surface area contributed by atoms with Gasteiger partial charge in [-0.3, -0.25) is 4.68 Å². The van der Waals surface area contributed by atoms with E-state index in [1.165, 1.54) is 0 Å². The van der Waals surface area contributed by atoms with E-state index in [-0.39, 0.29) is 20.1 Å². The summed E-state index contributed by atoms with van der Waals surface area (Å²) < 4.78 is 12.9. The summed E-state index contributed by atoms with van der Waals surface area (Å²) in [5.41, 5.74) is 2.10. The Morgan fingerprint density at radius 2 is 1.94 bits per heavy atom. The van der Waals surface area contributed by atoms with Gasteiger partial charge in [0.15, 0.2) is 5.60 Å². The van der Waals surface area contributed by atoms with Crippen LogP contribution in [0.4, 0.5) is 0 Å². The highest BCUT2D eigenvalue weighted by molar-refractivity contribution is 7.59. The fourth-order valence-electron chi connectivity index (χ4n) is 3.01. The van der Waals surface area contributed by atoms with E-state index in [4.69, 9.17) is 21.1 Å². The normalized spacial score (nSPS) is 12.6. The highest BCUT2D eigenvalue weighted by Gasteiger charge is 2.32. The van der Waals surface area contributed by atoms with Gasteiger partial charge in [0.1, 0.15) is 5.75 Å². The van der Waals surface area contributed by atoms with Crippen LogP contribution in [0, 0.1) is 0 Å². The molecule has 0 unspecified atom stereocenters. The third-order valence-corrected chi connectivity index (χ3v) is 5.51. The standard InChI is InChI=1S/C23H25ClN2O4.H2S/c1-4-23(2,22(27)28)30-15-18-13-21(16-9-7-10-19(12-16)29-3)26(25-18)14-17-8-5-6-11-20(17)24;/h5-13H,4,14-15H2,1-3H3,(H,27,28);1H2/t23-;/m0./s1. The van der Waals surface area contributed by atoms with Gasteiger partial charge in [-0.05, 0) is 43.2 Å². The second-order valence-electron chi connectivity index (χ2n) is 7.18. The zero-order valence-corrected chi connectivity index (χ0v) is 19.5. The van der Waals surface area contributed by atoms with Crippen LogP contribution in [0.3, 0.4) is 0 Å². The minimum absolute atomic E-state index is 0. The SMILES string of the molecule is CC[C@](C)(OCc1cc(-c2cccc(OC)c2)n(Cc2ccccc2Cl)n1)C(=O)O.S. The second kappa shape index (κ2) is 10.7. The number of carboxylic acids is 1. The maximum atomic E-state index is 11.5. The molecule has 8 heteroatoms. The summed E-state index contributed by atoms with van der Waals surface area (Å²) in [7, 11) is 1.62. The number of aromatic nitrogens is 2. The second-order valence-corrected chi connectivity index (χ2v) is 7.59. The fraction of sp³-hybridized carbons (Fsp3) is 0.304. The van der Waals surface area contributed by atoms with E-state index in [9.17, 15) is 9.90 Å². The molecule has 6 nitrogen and oxygen atoms in total. The Balaban J connectivity index is 0.00000341. The van der Waals surface area contributed by atoms with Gasteiger partial charge in [-0.15, -0.1) is 0 Å². The van der Waals surface area contributed by atoms with Crippen molar-refractivity contribution in [3.63, 3.8) is 0 Å². The van der Waals surface area contributed by atoms with Crippen molar-refractivity contribution in [2.24, 2.45) is 0 Å². The number of methoxy groups -OCH3 is 1. The van der Waals surface area contributed by atoms with Gasteiger partial charge in [-0.25, -0.2) is 4.79 Å². The molecule has 166 valence electrons. The Morgan fingerprint density at radius 1 is 1.19 bits per heavy atom. The predicted molar refractivity (Wildman–Crippen MR) is 126 cm³/mol. The minimum Gasteiger partial charge on any atom is -0.497 e. The monoisotopic (exact) mass is 462 g/mol. The van der Waals surface area contributed by atoms with Crippen molar-refractivity contribution < 1.29 is 19.4 Å². The zero-order chi connectivity index (χ0) is 21.7. The average molecular weight is 463 g/mol. The maximum Gasteiger partial charge on any atom is 0.335 e. The number of halogens is 1. The first kappa shape index (κ1) is 24.8. The minimum atomic E-state index is -1.26. The Labute approximate surface area is 194 Å². The van der Waals surface area contributed by atoms with Gasteiger partial charge in [-0.1, -0.05) is 48.9 Å². The quantitative estimate of drug-likeness (QED) is 0.476. The molecule has 31 heavy (non-hydrogen) atoms. The first-order chi connectivity index (χ1) is 14.4. The smallest absolute Gasteiger partial charge is 0.335 e. The van der Waals surface area contributed by atoms with Crippen LogP contribution in [0.25, 0.3) is 11.3 Å². The highest BCUT2D eigenvalue weighted by atomic mass is 35.5. The Bertz CT molecular complexity index is 1040. The number of nitrogens with zero attached hydrogens (tertiary/aromatic N) is 2. The third-order valence-electron chi connectivity index (χ3n) is 5.14. The highest BCUT2D eigenvalue weighted by Crippen LogP contribution is 2.27. The molecule has 0 bridgehead atoms. The lowest BCUT2D eigenvalue weighted by atomic mass is 10.0. The number of hydrogen-bond acceptors (Lipinski definition) is 4. The van der Waals surface area contributed by atoms with Crippen molar-refractivity contribution in [3.05, 3.63) is 70.9 Å². The molecule has 0 aliphatic carbocycles. The van der Waals surface area contributed by atoms with Crippen LogP contribution in [0.2, 0.25) is 5.02 Å². The van der Waals surface area contributed by atoms with Gasteiger partial charge < -0.3 is 14.6 Å². The summed E-state index contributed by atoms with van der Waals surface area (Å²) >= 11 is 6.35. The van der Waals surface area contributed by atoms with Crippen LogP contribution >= 0.6 is 25.1 Å². The summed E-state index contributed by atoms with van der Waals surface area (Å²) in [5.74, 6) is -0.256. The van der Waals surface area contributed by atoms with E-state index >= 15 is 0 Å². The number of carboxylic acid groups (broad SMARTS) is 1. The predicted octanol–water partition coefficient (Wildman–Crippen LogP) is 5.14. The molecule has 0 radical (unpaired) electrons. The number of aliphatic carboxylic acids is 1. The molecule has 1 aromatic heterocycles. The third kappa shape index (κ3) is 5.81. The molecule has 0 aliphatic heterocycles. The molecule has 0 amide bonds. The first-order valence-electron chi connectivity index (χ1n) is 9.68. The van der Waals surface area contributed by atoms with Gasteiger partial charge in [0.05, 0.1) is 31.6 Å². The van der Waals surface area contributed by atoms with Crippen molar-refractivity contribution in [1.82, 2.24) is 9.78 Å². The molecule has 0 fully saturated rings. The Kier molecular flexibility index (Phi) is 8.56. The van der Waals surface area contributed by atoms with E-state index in [1.54, 1.807) is 21.0 Å². The van der Waals surface area contributed by atoms with E-state index < -0.39 is 11.6 Å². The summed E-state index contributed by atoms with van der Waals surface area (Å²) in [6.45, 7) is 3.91. The van der Waals surface area contributed by atoms with E-state index in [2.05, 4.69) is 5.10 Å². The van der Waals surface area contributed by atoms with Crippen LogP contribution in [0.15, 0.2) is 54.6 Å². The van der Waals surface area contributed by atoms with Crippen molar-refractivity contribution in [2.45, 2.75) is 39.0 Å². The lowest BCUT2D eigenvalue weighted by Crippen LogP contribution is -2.37. The number of carbonyl (C=O) groups is 1. The summed E-state index contributed by atoms with van der Waals surface area (Å²) in [6, 6.07) is 17.2. The largest absolute Gasteiger partial charge is 0.497 e. The summed E-state index contributed by atoms with van der Waals surface area (Å²) in [6.07, 6.45) is 0.353. The first-order valence-corrected chi connectivity index (χ1v) is 10.1. The lowest BCUT2D eigenvalue weighted by Gasteiger charge is -2.22. The molecule has 1 heterocycles. The van der Waals surface area contributed by atoms with Crippen molar-refractivity contribution in [2.75, 3.05) is 7.11 Å². The Hall–Kier alpha value is -2.48. The van der Waals surface area contributed by atoms with Gasteiger partial charge in [0.25, 0.3) is 0 Å². The summed E-state index contributed by atoms with van der Waals surface area (Å²) in [4.78, 5) is 11.5. The molecule has 3 aromatic rings. The Morgan fingerprint density at radius 3 is 2.58 bits per heavy atom. The van der Waals surface area contributed by atoms with Crippen LogP contribution < -0.4 is 4.74 Å². The molecule has 0 aliphatic rings.